The first-order valence-corrected chi connectivity index (χ1v) is 9.52. The molecule has 2 aromatic carbocycles. The molecule has 2 rings (SSSR count). The van der Waals surface area contributed by atoms with E-state index >= 15 is 0 Å². The number of hydrogen-bond acceptors (Lipinski definition) is 4. The van der Waals surface area contributed by atoms with Crippen LogP contribution in [0.3, 0.4) is 0 Å². The van der Waals surface area contributed by atoms with Crippen LogP contribution in [0.1, 0.15) is 43.4 Å². The zero-order chi connectivity index (χ0) is 20.5. The molecule has 0 aromatic heterocycles. The first kappa shape index (κ1) is 24.7. The fraction of sp³-hybridized carbons (Fsp3) is 0.348. The highest BCUT2D eigenvalue weighted by Gasteiger charge is 2.19. The highest BCUT2D eigenvalue weighted by Crippen LogP contribution is 2.35. The molecule has 0 radical (unpaired) electrons. The van der Waals surface area contributed by atoms with Crippen LogP contribution in [0.5, 0.6) is 5.75 Å². The average molecular weight is 422 g/mol. The quantitative estimate of drug-likeness (QED) is 0.311. The summed E-state index contributed by atoms with van der Waals surface area (Å²) in [7, 11) is 0. The molecule has 0 aliphatic carbocycles. The number of ether oxygens (including phenoxy) is 2. The van der Waals surface area contributed by atoms with E-state index in [0.717, 1.165) is 35.3 Å². The van der Waals surface area contributed by atoms with Crippen molar-refractivity contribution in [2.24, 2.45) is 5.73 Å². The number of hydrogen-bond donors (Lipinski definition) is 1. The van der Waals surface area contributed by atoms with E-state index in [1.54, 1.807) is 19.1 Å². The maximum absolute atomic E-state index is 14.4. The molecule has 2 N–H and O–H groups in total. The molecule has 0 aliphatic rings. The number of nitrogens with two attached hydrogens (primary N) is 1. The number of rotatable bonds is 10. The van der Waals surface area contributed by atoms with E-state index < -0.39 is 17.8 Å². The lowest BCUT2D eigenvalue weighted by molar-refractivity contribution is -0.143. The highest BCUT2D eigenvalue weighted by atomic mass is 35.5. The molecule has 0 spiro atoms. The van der Waals surface area contributed by atoms with Crippen molar-refractivity contribution in [2.45, 2.75) is 39.2 Å². The van der Waals surface area contributed by atoms with Crippen LogP contribution >= 0.6 is 12.4 Å². The first-order valence-electron chi connectivity index (χ1n) is 9.52. The predicted octanol–water partition coefficient (Wildman–Crippen LogP) is 5.52. The molecule has 0 fully saturated rings. The van der Waals surface area contributed by atoms with Crippen LogP contribution in [0, 0.1) is 12.7 Å². The predicted molar refractivity (Wildman–Crippen MR) is 117 cm³/mol. The third-order valence-electron chi connectivity index (χ3n) is 4.42. The molecular weight excluding hydrogens is 393 g/mol. The molecule has 0 unspecified atom stereocenters. The second-order valence-electron chi connectivity index (χ2n) is 6.58. The molecule has 0 saturated carbocycles. The van der Waals surface area contributed by atoms with E-state index in [-0.39, 0.29) is 31.0 Å². The van der Waals surface area contributed by atoms with Crippen molar-refractivity contribution in [3.8, 4) is 16.9 Å². The van der Waals surface area contributed by atoms with Gasteiger partial charge in [-0.1, -0.05) is 24.3 Å². The van der Waals surface area contributed by atoms with Crippen LogP contribution in [0.2, 0.25) is 0 Å². The second kappa shape index (κ2) is 12.2. The summed E-state index contributed by atoms with van der Waals surface area (Å²) >= 11 is 0. The maximum atomic E-state index is 14.4. The van der Waals surface area contributed by atoms with Gasteiger partial charge in [0.05, 0.1) is 19.6 Å². The van der Waals surface area contributed by atoms with E-state index in [0.29, 0.717) is 6.61 Å². The molecule has 0 saturated heterocycles. The topological polar surface area (TPSA) is 61.5 Å². The van der Waals surface area contributed by atoms with Crippen molar-refractivity contribution in [1.82, 2.24) is 0 Å². The van der Waals surface area contributed by atoms with Gasteiger partial charge in [0, 0.05) is 17.2 Å². The average Bonchev–Trinajstić information content (AvgIpc) is 2.66. The third-order valence-corrected chi connectivity index (χ3v) is 4.42. The zero-order valence-corrected chi connectivity index (χ0v) is 17.8. The van der Waals surface area contributed by atoms with Crippen molar-refractivity contribution in [3.63, 3.8) is 0 Å². The Morgan fingerprint density at radius 3 is 2.76 bits per heavy atom. The van der Waals surface area contributed by atoms with E-state index in [4.69, 9.17) is 15.2 Å². The smallest absolute Gasteiger partial charge is 0.307 e. The Balaban J connectivity index is 0.00000420. The molecule has 158 valence electrons. The van der Waals surface area contributed by atoms with E-state index in [1.807, 2.05) is 31.2 Å². The van der Waals surface area contributed by atoms with Crippen LogP contribution in [0.25, 0.3) is 11.1 Å². The minimum Gasteiger partial charge on any atom is -0.493 e. The summed E-state index contributed by atoms with van der Waals surface area (Å²) in [6.07, 6.45) is 3.53. The highest BCUT2D eigenvalue weighted by molar-refractivity contribution is 5.85. The number of carbonyl (C=O) groups is 1. The fourth-order valence-corrected chi connectivity index (χ4v) is 3.03. The van der Waals surface area contributed by atoms with Crippen molar-refractivity contribution in [2.75, 3.05) is 13.2 Å². The first-order chi connectivity index (χ1) is 13.5. The van der Waals surface area contributed by atoms with Gasteiger partial charge in [-0.05, 0) is 56.0 Å². The molecule has 6 heteroatoms. The van der Waals surface area contributed by atoms with Gasteiger partial charge in [-0.15, -0.1) is 19.0 Å². The van der Waals surface area contributed by atoms with Crippen LogP contribution in [-0.2, 0) is 9.53 Å². The SMILES string of the molecule is C=CCCCOc1cccc(C)c1-c1ccc(F)c([C@@H](N)CC(=O)OCC)c1.Cl. The van der Waals surface area contributed by atoms with Crippen molar-refractivity contribution in [3.05, 3.63) is 66.0 Å². The van der Waals surface area contributed by atoms with Gasteiger partial charge in [0.1, 0.15) is 11.6 Å². The fourth-order valence-electron chi connectivity index (χ4n) is 3.03. The number of esters is 1. The monoisotopic (exact) mass is 421 g/mol. The normalized spacial score (nSPS) is 11.3. The van der Waals surface area contributed by atoms with Gasteiger partial charge in [-0.25, -0.2) is 4.39 Å². The number of allylic oxidation sites excluding steroid dienone is 1. The Morgan fingerprint density at radius 2 is 2.07 bits per heavy atom. The van der Waals surface area contributed by atoms with Gasteiger partial charge in [0.15, 0.2) is 0 Å². The molecule has 0 heterocycles. The van der Waals surface area contributed by atoms with Gasteiger partial charge in [0.25, 0.3) is 0 Å². The van der Waals surface area contributed by atoms with Crippen LogP contribution in [0.4, 0.5) is 4.39 Å². The molecule has 4 nitrogen and oxygen atoms in total. The summed E-state index contributed by atoms with van der Waals surface area (Å²) in [5, 5.41) is 0. The van der Waals surface area contributed by atoms with Gasteiger partial charge in [-0.2, -0.15) is 0 Å². The standard InChI is InChI=1S/C23H28FNO3.ClH/c1-4-6-7-13-28-21-10-8-9-16(3)23(21)17-11-12-19(24)18(14-17)20(25)15-22(26)27-5-2;/h4,8-12,14,20H,1,5-7,13,15,25H2,2-3H3;1H/t20-;/m0./s1. The zero-order valence-electron chi connectivity index (χ0n) is 16.9. The Hall–Kier alpha value is -2.37. The van der Waals surface area contributed by atoms with Crippen molar-refractivity contribution < 1.29 is 18.7 Å². The summed E-state index contributed by atoms with van der Waals surface area (Å²) < 4.78 is 25.3. The Morgan fingerprint density at radius 1 is 1.31 bits per heavy atom. The van der Waals surface area contributed by atoms with E-state index in [2.05, 4.69) is 6.58 Å². The van der Waals surface area contributed by atoms with Gasteiger partial charge in [-0.3, -0.25) is 4.79 Å². The number of carbonyl (C=O) groups excluding carboxylic acids is 1. The van der Waals surface area contributed by atoms with Crippen LogP contribution in [0.15, 0.2) is 49.1 Å². The van der Waals surface area contributed by atoms with Gasteiger partial charge in [0.2, 0.25) is 0 Å². The Bertz CT molecular complexity index is 826. The van der Waals surface area contributed by atoms with E-state index in [9.17, 15) is 9.18 Å². The molecular formula is C23H29ClFNO3. The molecule has 2 aromatic rings. The molecule has 1 atom stereocenters. The maximum Gasteiger partial charge on any atom is 0.307 e. The van der Waals surface area contributed by atoms with Crippen LogP contribution in [-0.4, -0.2) is 19.2 Å². The molecule has 0 aliphatic heterocycles. The lowest BCUT2D eigenvalue weighted by Gasteiger charge is -2.17. The molecule has 0 bridgehead atoms. The minimum absolute atomic E-state index is 0. The number of aryl methyl sites for hydroxylation is 1. The Kier molecular flexibility index (Phi) is 10.4. The lowest BCUT2D eigenvalue weighted by atomic mass is 9.94. The second-order valence-corrected chi connectivity index (χ2v) is 6.58. The number of benzene rings is 2. The Labute approximate surface area is 178 Å². The summed E-state index contributed by atoms with van der Waals surface area (Å²) in [4.78, 5) is 11.7. The number of halogens is 2. The van der Waals surface area contributed by atoms with Gasteiger partial charge >= 0.3 is 5.97 Å². The molecule has 0 amide bonds. The summed E-state index contributed by atoms with van der Waals surface area (Å²) in [6, 6.07) is 9.81. The minimum atomic E-state index is -0.778. The van der Waals surface area contributed by atoms with E-state index in [1.165, 1.54) is 6.07 Å². The molecule has 29 heavy (non-hydrogen) atoms. The van der Waals surface area contributed by atoms with Crippen LogP contribution < -0.4 is 10.5 Å². The lowest BCUT2D eigenvalue weighted by Crippen LogP contribution is -2.18. The summed E-state index contributed by atoms with van der Waals surface area (Å²) in [6.45, 7) is 8.25. The largest absolute Gasteiger partial charge is 0.493 e. The van der Waals surface area contributed by atoms with Gasteiger partial charge < -0.3 is 15.2 Å². The van der Waals surface area contributed by atoms with Crippen molar-refractivity contribution >= 4 is 18.4 Å². The summed E-state index contributed by atoms with van der Waals surface area (Å²) in [5.41, 5.74) is 9.07. The summed E-state index contributed by atoms with van der Waals surface area (Å²) in [5.74, 6) is -0.148. The number of unbranched alkanes of at least 4 members (excludes halogenated alkanes) is 1. The third kappa shape index (κ3) is 6.87. The van der Waals surface area contributed by atoms with Crippen molar-refractivity contribution in [1.29, 1.82) is 0 Å².